The third-order valence-corrected chi connectivity index (χ3v) is 5.29. The zero-order valence-electron chi connectivity index (χ0n) is 12.6. The summed E-state index contributed by atoms with van der Waals surface area (Å²) in [4.78, 5) is 21.2. The number of benzene rings is 1. The van der Waals surface area contributed by atoms with E-state index in [4.69, 9.17) is 0 Å². The van der Waals surface area contributed by atoms with E-state index in [-0.39, 0.29) is 10.9 Å². The van der Waals surface area contributed by atoms with Crippen LogP contribution in [0.4, 0.5) is 13.2 Å². The van der Waals surface area contributed by atoms with E-state index in [1.807, 2.05) is 12.3 Å². The van der Waals surface area contributed by atoms with Gasteiger partial charge in [0.15, 0.2) is 5.82 Å². The highest BCUT2D eigenvalue weighted by Crippen LogP contribution is 2.30. The van der Waals surface area contributed by atoms with Crippen LogP contribution in [0.5, 0.6) is 0 Å². The molecule has 0 radical (unpaired) electrons. The summed E-state index contributed by atoms with van der Waals surface area (Å²) in [5.41, 5.74) is -0.708. The van der Waals surface area contributed by atoms with Crippen molar-refractivity contribution in [3.8, 4) is 5.82 Å². The molecule has 0 aliphatic carbocycles. The van der Waals surface area contributed by atoms with Crippen LogP contribution in [0.15, 0.2) is 52.1 Å². The molecule has 0 saturated carbocycles. The SMILES string of the molecule is O=c1c2ccc(C(F)(F)F)cc2ncn1-c1nc2ccc(Br)cn2c1I. The van der Waals surface area contributed by atoms with E-state index in [1.165, 1.54) is 10.9 Å². The minimum Gasteiger partial charge on any atom is -0.292 e. The average Bonchev–Trinajstić information content (AvgIpc) is 2.90. The highest BCUT2D eigenvalue weighted by atomic mass is 127. The summed E-state index contributed by atoms with van der Waals surface area (Å²) in [6, 6.07) is 6.49. The minimum atomic E-state index is -4.49. The van der Waals surface area contributed by atoms with Gasteiger partial charge in [-0.3, -0.25) is 9.20 Å². The van der Waals surface area contributed by atoms with Crippen molar-refractivity contribution in [2.24, 2.45) is 0 Å². The number of hydrogen-bond acceptors (Lipinski definition) is 3. The Bertz CT molecular complexity index is 1230. The minimum absolute atomic E-state index is 0.0115. The number of nitrogens with zero attached hydrogens (tertiary/aromatic N) is 4. The normalized spacial score (nSPS) is 12.2. The predicted octanol–water partition coefficient (Wildman–Crippen LogP) is 4.42. The summed E-state index contributed by atoms with van der Waals surface area (Å²) in [6.07, 6.45) is -1.48. The maximum absolute atomic E-state index is 12.8. The molecule has 26 heavy (non-hydrogen) atoms. The van der Waals surface area contributed by atoms with Crippen molar-refractivity contribution in [3.63, 3.8) is 0 Å². The van der Waals surface area contributed by atoms with Gasteiger partial charge in [-0.25, -0.2) is 14.5 Å². The zero-order chi connectivity index (χ0) is 18.6. The number of pyridine rings is 1. The molecular formula is C16H7BrF3IN4O. The molecule has 5 nitrogen and oxygen atoms in total. The van der Waals surface area contributed by atoms with Gasteiger partial charge in [0.1, 0.15) is 15.7 Å². The molecule has 0 atom stereocenters. The van der Waals surface area contributed by atoms with Crippen LogP contribution in [-0.2, 0) is 6.18 Å². The van der Waals surface area contributed by atoms with Gasteiger partial charge >= 0.3 is 6.18 Å². The largest absolute Gasteiger partial charge is 0.416 e. The molecule has 0 bridgehead atoms. The molecule has 0 amide bonds. The van der Waals surface area contributed by atoms with E-state index in [9.17, 15) is 18.0 Å². The lowest BCUT2D eigenvalue weighted by Crippen LogP contribution is -2.20. The van der Waals surface area contributed by atoms with E-state index in [0.29, 0.717) is 15.2 Å². The van der Waals surface area contributed by atoms with Gasteiger partial charge in [0, 0.05) is 10.7 Å². The lowest BCUT2D eigenvalue weighted by Gasteiger charge is -2.08. The fourth-order valence-corrected chi connectivity index (χ4v) is 3.68. The van der Waals surface area contributed by atoms with E-state index < -0.39 is 17.3 Å². The van der Waals surface area contributed by atoms with Crippen LogP contribution < -0.4 is 5.56 Å². The summed E-state index contributed by atoms with van der Waals surface area (Å²) in [6.45, 7) is 0. The van der Waals surface area contributed by atoms with Crippen molar-refractivity contribution in [1.29, 1.82) is 0 Å². The Balaban J connectivity index is 1.94. The van der Waals surface area contributed by atoms with Gasteiger partial charge in [0.25, 0.3) is 5.56 Å². The van der Waals surface area contributed by atoms with Gasteiger partial charge < -0.3 is 0 Å². The zero-order valence-corrected chi connectivity index (χ0v) is 16.4. The maximum Gasteiger partial charge on any atom is 0.416 e. The van der Waals surface area contributed by atoms with Crippen LogP contribution in [0.25, 0.3) is 22.4 Å². The van der Waals surface area contributed by atoms with E-state index in [1.54, 1.807) is 10.5 Å². The van der Waals surface area contributed by atoms with E-state index in [0.717, 1.165) is 22.7 Å². The van der Waals surface area contributed by atoms with Crippen molar-refractivity contribution >= 4 is 55.1 Å². The Hall–Kier alpha value is -1.95. The number of hydrogen-bond donors (Lipinski definition) is 0. The Morgan fingerprint density at radius 3 is 2.65 bits per heavy atom. The van der Waals surface area contributed by atoms with Gasteiger partial charge in [-0.2, -0.15) is 13.2 Å². The molecule has 0 saturated heterocycles. The topological polar surface area (TPSA) is 52.2 Å². The van der Waals surface area contributed by atoms with Crippen molar-refractivity contribution in [2.75, 3.05) is 0 Å². The molecule has 132 valence electrons. The molecular weight excluding hydrogens is 528 g/mol. The highest BCUT2D eigenvalue weighted by molar-refractivity contribution is 14.1. The number of aromatic nitrogens is 4. The van der Waals surface area contributed by atoms with Gasteiger partial charge in [0.2, 0.25) is 0 Å². The fourth-order valence-electron chi connectivity index (χ4n) is 2.58. The first-order valence-electron chi connectivity index (χ1n) is 7.18. The third kappa shape index (κ3) is 2.80. The van der Waals surface area contributed by atoms with Crippen molar-refractivity contribution in [2.45, 2.75) is 6.18 Å². The molecule has 4 aromatic rings. The second-order valence-electron chi connectivity index (χ2n) is 5.45. The number of fused-ring (bicyclic) bond motifs is 2. The van der Waals surface area contributed by atoms with Gasteiger partial charge in [-0.05, 0) is 68.9 Å². The van der Waals surface area contributed by atoms with Crippen LogP contribution in [0.2, 0.25) is 0 Å². The molecule has 3 aromatic heterocycles. The molecule has 1 aromatic carbocycles. The van der Waals surface area contributed by atoms with Gasteiger partial charge in [-0.1, -0.05) is 0 Å². The number of rotatable bonds is 1. The summed E-state index contributed by atoms with van der Waals surface area (Å²) < 4.78 is 43.1. The van der Waals surface area contributed by atoms with Crippen LogP contribution >= 0.6 is 38.5 Å². The lowest BCUT2D eigenvalue weighted by molar-refractivity contribution is -0.137. The summed E-state index contributed by atoms with van der Waals surface area (Å²) in [7, 11) is 0. The lowest BCUT2D eigenvalue weighted by atomic mass is 10.1. The Morgan fingerprint density at radius 2 is 1.92 bits per heavy atom. The first-order chi connectivity index (χ1) is 12.3. The number of alkyl halides is 3. The summed E-state index contributed by atoms with van der Waals surface area (Å²) in [5.74, 6) is 0.364. The Morgan fingerprint density at radius 1 is 1.15 bits per heavy atom. The molecule has 0 spiro atoms. The van der Waals surface area contributed by atoms with E-state index >= 15 is 0 Å². The highest BCUT2D eigenvalue weighted by Gasteiger charge is 2.30. The fraction of sp³-hybridized carbons (Fsp3) is 0.0625. The first kappa shape index (κ1) is 17.5. The predicted molar refractivity (Wildman–Crippen MR) is 102 cm³/mol. The maximum atomic E-state index is 12.8. The van der Waals surface area contributed by atoms with Gasteiger partial charge in [0.05, 0.1) is 16.5 Å². The molecule has 0 N–H and O–H groups in total. The quantitative estimate of drug-likeness (QED) is 0.340. The molecule has 0 fully saturated rings. The van der Waals surface area contributed by atoms with Crippen LogP contribution in [0.3, 0.4) is 0 Å². The Labute approximate surface area is 165 Å². The smallest absolute Gasteiger partial charge is 0.292 e. The van der Waals surface area contributed by atoms with Crippen molar-refractivity contribution in [1.82, 2.24) is 18.9 Å². The van der Waals surface area contributed by atoms with Crippen molar-refractivity contribution < 1.29 is 13.2 Å². The number of halogens is 5. The van der Waals surface area contributed by atoms with Crippen LogP contribution in [-0.4, -0.2) is 18.9 Å². The van der Waals surface area contributed by atoms with Gasteiger partial charge in [-0.15, -0.1) is 0 Å². The Kier molecular flexibility index (Phi) is 4.06. The molecule has 10 heteroatoms. The summed E-state index contributed by atoms with van der Waals surface area (Å²) in [5, 5.41) is 0.0922. The summed E-state index contributed by atoms with van der Waals surface area (Å²) >= 11 is 5.43. The average molecular weight is 535 g/mol. The molecule has 4 rings (SSSR count). The molecule has 3 heterocycles. The second-order valence-corrected chi connectivity index (χ2v) is 7.39. The molecule has 0 aliphatic rings. The first-order valence-corrected chi connectivity index (χ1v) is 9.05. The monoisotopic (exact) mass is 534 g/mol. The molecule has 0 unspecified atom stereocenters. The number of imidazole rings is 1. The van der Waals surface area contributed by atoms with Crippen molar-refractivity contribution in [3.05, 3.63) is 66.9 Å². The standard InChI is InChI=1S/C16H7BrF3IN4O/c17-9-2-4-12-23-14(13(21)24(12)6-9)25-7-22-11-5-8(16(18,19)20)1-3-10(11)15(25)26/h1-7H. The van der Waals surface area contributed by atoms with Crippen LogP contribution in [0, 0.1) is 3.70 Å². The molecule has 0 aliphatic heterocycles. The van der Waals surface area contributed by atoms with E-state index in [2.05, 4.69) is 48.5 Å². The van der Waals surface area contributed by atoms with Crippen LogP contribution in [0.1, 0.15) is 5.56 Å². The third-order valence-electron chi connectivity index (χ3n) is 3.82. The second kappa shape index (κ2) is 6.05.